The van der Waals surface area contributed by atoms with Crippen molar-refractivity contribution >= 4 is 11.6 Å². The number of guanidine groups is 1. The van der Waals surface area contributed by atoms with E-state index >= 15 is 0 Å². The van der Waals surface area contributed by atoms with Crippen molar-refractivity contribution in [1.82, 2.24) is 20.0 Å². The van der Waals surface area contributed by atoms with Crippen molar-refractivity contribution in [2.24, 2.45) is 4.99 Å². The molecular weight excluding hydrogens is 376 g/mol. The molecule has 1 aliphatic heterocycles. The zero-order valence-electron chi connectivity index (χ0n) is 17.5. The Labute approximate surface area is 177 Å². The van der Waals surface area contributed by atoms with Crippen LogP contribution >= 0.6 is 0 Å². The number of rotatable bonds is 5. The summed E-state index contributed by atoms with van der Waals surface area (Å²) in [7, 11) is 3.54. The summed E-state index contributed by atoms with van der Waals surface area (Å²) in [5, 5.41) is 8.12. The number of nitrogens with one attached hydrogen (secondary N) is 1. The number of hydrogen-bond donors (Lipinski definition) is 1. The van der Waals surface area contributed by atoms with E-state index in [0.717, 1.165) is 49.3 Å². The number of hydrogen-bond acceptors (Lipinski definition) is 4. The maximum absolute atomic E-state index is 5.35. The van der Waals surface area contributed by atoms with Crippen molar-refractivity contribution < 1.29 is 4.74 Å². The van der Waals surface area contributed by atoms with Gasteiger partial charge in [0.2, 0.25) is 0 Å². The normalized spacial score (nSPS) is 14.7. The maximum atomic E-state index is 5.35. The summed E-state index contributed by atoms with van der Waals surface area (Å²) in [6.45, 7) is 4.35. The van der Waals surface area contributed by atoms with Crippen LogP contribution < -0.4 is 15.0 Å². The average molecular weight is 405 g/mol. The Hall–Kier alpha value is -3.48. The average Bonchev–Trinajstić information content (AvgIpc) is 3.30. The predicted molar refractivity (Wildman–Crippen MR) is 121 cm³/mol. The summed E-state index contributed by atoms with van der Waals surface area (Å²) in [6.07, 6.45) is 1.99. The van der Waals surface area contributed by atoms with E-state index in [2.05, 4.69) is 37.3 Å². The Morgan fingerprint density at radius 2 is 1.77 bits per heavy atom. The van der Waals surface area contributed by atoms with Crippen molar-refractivity contribution in [2.45, 2.75) is 6.54 Å². The number of nitrogens with zero attached hydrogens (tertiary/aromatic N) is 5. The molecule has 4 rings (SSSR count). The molecule has 7 nitrogen and oxygen atoms in total. The maximum Gasteiger partial charge on any atom is 0.194 e. The van der Waals surface area contributed by atoms with Crippen LogP contribution in [0.4, 0.5) is 5.69 Å². The van der Waals surface area contributed by atoms with Gasteiger partial charge >= 0.3 is 0 Å². The number of anilines is 1. The number of para-hydroxylation sites is 1. The Bertz CT molecular complexity index is 976. The first-order valence-corrected chi connectivity index (χ1v) is 10.2. The van der Waals surface area contributed by atoms with Crippen LogP contribution in [0.2, 0.25) is 0 Å². The lowest BCUT2D eigenvalue weighted by Crippen LogP contribution is -2.52. The zero-order valence-corrected chi connectivity index (χ0v) is 17.5. The fourth-order valence-corrected chi connectivity index (χ4v) is 3.67. The molecule has 0 radical (unpaired) electrons. The quantitative estimate of drug-likeness (QED) is 0.524. The monoisotopic (exact) mass is 404 g/mol. The molecule has 0 saturated carbocycles. The number of ether oxygens (including phenoxy) is 1. The Morgan fingerprint density at radius 3 is 2.50 bits per heavy atom. The van der Waals surface area contributed by atoms with Gasteiger partial charge in [0.05, 0.1) is 25.0 Å². The first-order chi connectivity index (χ1) is 14.8. The van der Waals surface area contributed by atoms with Gasteiger partial charge in [-0.05, 0) is 30.3 Å². The Balaban J connectivity index is 1.32. The van der Waals surface area contributed by atoms with E-state index in [0.29, 0.717) is 6.54 Å². The first-order valence-electron chi connectivity index (χ1n) is 10.2. The van der Waals surface area contributed by atoms with Gasteiger partial charge in [-0.25, -0.2) is 4.68 Å². The van der Waals surface area contributed by atoms with E-state index in [1.54, 1.807) is 7.11 Å². The summed E-state index contributed by atoms with van der Waals surface area (Å²) < 4.78 is 7.25. The third kappa shape index (κ3) is 4.56. The summed E-state index contributed by atoms with van der Waals surface area (Å²) >= 11 is 0. The van der Waals surface area contributed by atoms with Crippen LogP contribution in [0.3, 0.4) is 0 Å². The SMILES string of the molecule is CN=C(NCc1ccn(-c2ccccc2)n1)N1CCN(c2cccc(OC)c2)CC1. The van der Waals surface area contributed by atoms with Crippen LogP contribution in [0.1, 0.15) is 5.69 Å². The summed E-state index contributed by atoms with van der Waals surface area (Å²) in [5.74, 6) is 1.80. The van der Waals surface area contributed by atoms with Crippen molar-refractivity contribution in [2.75, 3.05) is 45.2 Å². The second kappa shape index (κ2) is 9.35. The minimum atomic E-state index is 0.641. The van der Waals surface area contributed by atoms with Gasteiger partial charge < -0.3 is 19.9 Å². The summed E-state index contributed by atoms with van der Waals surface area (Å²) in [4.78, 5) is 9.15. The fraction of sp³-hybridized carbons (Fsp3) is 0.304. The molecule has 2 heterocycles. The molecule has 0 atom stereocenters. The van der Waals surface area contributed by atoms with Crippen LogP contribution in [0.5, 0.6) is 5.75 Å². The molecule has 1 aliphatic rings. The molecule has 1 N–H and O–H groups in total. The highest BCUT2D eigenvalue weighted by atomic mass is 16.5. The van der Waals surface area contributed by atoms with Gasteiger partial charge in [-0.1, -0.05) is 24.3 Å². The van der Waals surface area contributed by atoms with Crippen molar-refractivity contribution in [3.05, 3.63) is 72.6 Å². The molecule has 1 fully saturated rings. The minimum absolute atomic E-state index is 0.641. The summed E-state index contributed by atoms with van der Waals surface area (Å²) in [5.41, 5.74) is 3.24. The third-order valence-electron chi connectivity index (χ3n) is 5.30. The van der Waals surface area contributed by atoms with E-state index in [1.165, 1.54) is 5.69 Å². The van der Waals surface area contributed by atoms with Crippen LogP contribution in [-0.2, 0) is 6.54 Å². The fourth-order valence-electron chi connectivity index (χ4n) is 3.67. The van der Waals surface area contributed by atoms with Crippen LogP contribution in [0.25, 0.3) is 5.69 Å². The Kier molecular flexibility index (Phi) is 6.17. The highest BCUT2D eigenvalue weighted by Gasteiger charge is 2.20. The van der Waals surface area contributed by atoms with E-state index in [-0.39, 0.29) is 0 Å². The lowest BCUT2D eigenvalue weighted by molar-refractivity contribution is 0.371. The molecule has 156 valence electrons. The molecule has 30 heavy (non-hydrogen) atoms. The van der Waals surface area contributed by atoms with E-state index < -0.39 is 0 Å². The molecule has 0 amide bonds. The van der Waals surface area contributed by atoms with Gasteiger partial charge in [0, 0.05) is 51.2 Å². The van der Waals surface area contributed by atoms with Gasteiger partial charge in [-0.3, -0.25) is 4.99 Å². The number of aliphatic imine (C=N–C) groups is 1. The van der Waals surface area contributed by atoms with Gasteiger partial charge in [0.15, 0.2) is 5.96 Å². The van der Waals surface area contributed by atoms with Crippen LogP contribution in [0, 0.1) is 0 Å². The smallest absolute Gasteiger partial charge is 0.194 e. The molecule has 0 aliphatic carbocycles. The van der Waals surface area contributed by atoms with Gasteiger partial charge in [-0.15, -0.1) is 0 Å². The number of benzene rings is 2. The molecule has 2 aromatic carbocycles. The second-order valence-electron chi connectivity index (χ2n) is 7.16. The van der Waals surface area contributed by atoms with E-state index in [9.17, 15) is 0 Å². The lowest BCUT2D eigenvalue weighted by Gasteiger charge is -2.37. The van der Waals surface area contributed by atoms with Crippen LogP contribution in [-0.4, -0.2) is 61.0 Å². The van der Waals surface area contributed by atoms with Gasteiger partial charge in [-0.2, -0.15) is 5.10 Å². The second-order valence-corrected chi connectivity index (χ2v) is 7.16. The zero-order chi connectivity index (χ0) is 20.8. The highest BCUT2D eigenvalue weighted by molar-refractivity contribution is 5.80. The van der Waals surface area contributed by atoms with E-state index in [4.69, 9.17) is 4.74 Å². The minimum Gasteiger partial charge on any atom is -0.497 e. The number of methoxy groups -OCH3 is 1. The standard InChI is InChI=1S/C23H28N6O/c1-24-23(25-18-19-11-12-29(26-19)20-7-4-3-5-8-20)28-15-13-27(14-16-28)21-9-6-10-22(17-21)30-2/h3-12,17H,13-16,18H2,1-2H3,(H,24,25). The number of piperazine rings is 1. The van der Waals surface area contributed by atoms with E-state index in [1.807, 2.05) is 66.5 Å². The summed E-state index contributed by atoms with van der Waals surface area (Å²) in [6, 6.07) is 20.4. The number of aromatic nitrogens is 2. The third-order valence-corrected chi connectivity index (χ3v) is 5.30. The molecule has 1 aromatic heterocycles. The first kappa shape index (κ1) is 19.8. The molecular formula is C23H28N6O. The van der Waals surface area contributed by atoms with Crippen LogP contribution in [0.15, 0.2) is 71.9 Å². The molecule has 0 spiro atoms. The lowest BCUT2D eigenvalue weighted by atomic mass is 10.2. The largest absolute Gasteiger partial charge is 0.497 e. The highest BCUT2D eigenvalue weighted by Crippen LogP contribution is 2.22. The molecule has 1 saturated heterocycles. The molecule has 0 unspecified atom stereocenters. The van der Waals surface area contributed by atoms with Crippen molar-refractivity contribution in [3.63, 3.8) is 0 Å². The van der Waals surface area contributed by atoms with Gasteiger partial charge in [0.1, 0.15) is 5.75 Å². The van der Waals surface area contributed by atoms with Gasteiger partial charge in [0.25, 0.3) is 0 Å². The molecule has 7 heteroatoms. The molecule has 3 aromatic rings. The Morgan fingerprint density at radius 1 is 1.00 bits per heavy atom. The molecule has 0 bridgehead atoms. The van der Waals surface area contributed by atoms with Crippen molar-refractivity contribution in [1.29, 1.82) is 0 Å². The predicted octanol–water partition coefficient (Wildman–Crippen LogP) is 2.78. The topological polar surface area (TPSA) is 57.9 Å². The van der Waals surface area contributed by atoms with Crippen molar-refractivity contribution in [3.8, 4) is 11.4 Å².